The second-order valence-electron chi connectivity index (χ2n) is 3.39. The normalized spacial score (nSPS) is 12.9. The summed E-state index contributed by atoms with van der Waals surface area (Å²) >= 11 is 4.62. The van der Waals surface area contributed by atoms with Crippen LogP contribution in [-0.4, -0.2) is 21.2 Å². The Bertz CT molecular complexity index is 355. The molecule has 0 spiro atoms. The molecule has 3 N–H and O–H groups in total. The first-order valence-corrected chi connectivity index (χ1v) is 5.98. The predicted molar refractivity (Wildman–Crippen MR) is 61.4 cm³/mol. The number of hydrogen-bond donors (Lipinski definition) is 2. The molecule has 0 saturated carbocycles. The fraction of sp³-hybridized carbons (Fsp3) is 0.500. The molecule has 15 heavy (non-hydrogen) atoms. The van der Waals surface area contributed by atoms with Gasteiger partial charge >= 0.3 is 6.09 Å². The molecule has 0 aromatic carbocycles. The standard InChI is InChI=1S/C8H12BrN3O2S/c1-4(2)6(12(10)8(13)14)7-11-5(9)3-15-7/h3-4,6H,10H2,1-2H3,(H,13,14). The second kappa shape index (κ2) is 4.91. The Balaban J connectivity index is 2.98. The van der Waals surface area contributed by atoms with E-state index in [0.29, 0.717) is 9.61 Å². The third kappa shape index (κ3) is 2.90. The highest BCUT2D eigenvalue weighted by molar-refractivity contribution is 9.10. The van der Waals surface area contributed by atoms with Gasteiger partial charge in [-0.25, -0.2) is 20.6 Å². The van der Waals surface area contributed by atoms with Crippen LogP contribution in [0.15, 0.2) is 9.98 Å². The van der Waals surface area contributed by atoms with Gasteiger partial charge in [0.2, 0.25) is 0 Å². The summed E-state index contributed by atoms with van der Waals surface area (Å²) in [6.45, 7) is 3.81. The second-order valence-corrected chi connectivity index (χ2v) is 5.09. The van der Waals surface area contributed by atoms with Gasteiger partial charge in [-0.15, -0.1) is 11.3 Å². The van der Waals surface area contributed by atoms with E-state index in [0.717, 1.165) is 5.01 Å². The van der Waals surface area contributed by atoms with Crippen molar-refractivity contribution in [1.29, 1.82) is 0 Å². The summed E-state index contributed by atoms with van der Waals surface area (Å²) in [7, 11) is 0. The number of hydrazine groups is 1. The largest absolute Gasteiger partial charge is 0.464 e. The van der Waals surface area contributed by atoms with Crippen molar-refractivity contribution in [1.82, 2.24) is 9.99 Å². The summed E-state index contributed by atoms with van der Waals surface area (Å²) in [6, 6.07) is -0.404. The van der Waals surface area contributed by atoms with E-state index in [1.165, 1.54) is 11.3 Å². The van der Waals surface area contributed by atoms with E-state index in [2.05, 4.69) is 20.9 Å². The Morgan fingerprint density at radius 3 is 2.67 bits per heavy atom. The molecule has 0 aliphatic carbocycles. The van der Waals surface area contributed by atoms with Crippen LogP contribution in [0.2, 0.25) is 0 Å². The van der Waals surface area contributed by atoms with E-state index in [1.807, 2.05) is 13.8 Å². The Labute approximate surface area is 100 Å². The average molecular weight is 294 g/mol. The van der Waals surface area contributed by atoms with Crippen molar-refractivity contribution in [3.63, 3.8) is 0 Å². The lowest BCUT2D eigenvalue weighted by molar-refractivity contribution is 0.110. The van der Waals surface area contributed by atoms with E-state index >= 15 is 0 Å². The molecular weight excluding hydrogens is 282 g/mol. The van der Waals surface area contributed by atoms with Gasteiger partial charge in [-0.2, -0.15) is 0 Å². The molecule has 0 saturated heterocycles. The molecule has 7 heteroatoms. The third-order valence-corrected chi connectivity index (χ3v) is 3.52. The van der Waals surface area contributed by atoms with Gasteiger partial charge in [0.1, 0.15) is 15.7 Å². The zero-order valence-corrected chi connectivity index (χ0v) is 10.7. The van der Waals surface area contributed by atoms with Gasteiger partial charge in [0.15, 0.2) is 0 Å². The molecule has 0 bridgehead atoms. The Morgan fingerprint density at radius 1 is 1.73 bits per heavy atom. The van der Waals surface area contributed by atoms with Crippen molar-refractivity contribution in [2.45, 2.75) is 19.9 Å². The first-order chi connectivity index (χ1) is 6.93. The highest BCUT2D eigenvalue weighted by Crippen LogP contribution is 2.30. The quantitative estimate of drug-likeness (QED) is 0.510. The number of hydrogen-bond acceptors (Lipinski definition) is 4. The maximum absolute atomic E-state index is 10.8. The zero-order valence-electron chi connectivity index (χ0n) is 8.35. The van der Waals surface area contributed by atoms with Crippen LogP contribution in [0.25, 0.3) is 0 Å². The minimum absolute atomic E-state index is 0.0733. The molecule has 1 atom stereocenters. The van der Waals surface area contributed by atoms with Crippen molar-refractivity contribution < 1.29 is 9.90 Å². The highest BCUT2D eigenvalue weighted by Gasteiger charge is 2.27. The number of nitrogens with two attached hydrogens (primary N) is 1. The smallest absolute Gasteiger partial charge is 0.422 e. The van der Waals surface area contributed by atoms with Crippen LogP contribution in [0.4, 0.5) is 4.79 Å². The monoisotopic (exact) mass is 293 g/mol. The van der Waals surface area contributed by atoms with Crippen LogP contribution >= 0.6 is 27.3 Å². The van der Waals surface area contributed by atoms with Crippen LogP contribution in [0, 0.1) is 5.92 Å². The Morgan fingerprint density at radius 2 is 2.33 bits per heavy atom. The van der Waals surface area contributed by atoms with Gasteiger partial charge in [0, 0.05) is 5.38 Å². The fourth-order valence-electron chi connectivity index (χ4n) is 1.25. The number of thiazole rings is 1. The number of rotatable bonds is 3. The number of halogens is 1. The molecular formula is C8H12BrN3O2S. The van der Waals surface area contributed by atoms with E-state index < -0.39 is 12.1 Å². The van der Waals surface area contributed by atoms with Gasteiger partial charge in [-0.1, -0.05) is 13.8 Å². The molecule has 1 aromatic heterocycles. The maximum atomic E-state index is 10.8. The number of carbonyl (C=O) groups is 1. The van der Waals surface area contributed by atoms with Gasteiger partial charge in [-0.3, -0.25) is 0 Å². The highest BCUT2D eigenvalue weighted by atomic mass is 79.9. The third-order valence-electron chi connectivity index (χ3n) is 1.90. The van der Waals surface area contributed by atoms with E-state index in [4.69, 9.17) is 10.9 Å². The molecule has 0 radical (unpaired) electrons. The lowest BCUT2D eigenvalue weighted by Gasteiger charge is -2.26. The molecule has 0 fully saturated rings. The molecule has 0 aliphatic rings. The van der Waals surface area contributed by atoms with E-state index in [-0.39, 0.29) is 5.92 Å². The number of nitrogens with zero attached hydrogens (tertiary/aromatic N) is 2. The molecule has 1 rings (SSSR count). The maximum Gasteiger partial charge on any atom is 0.422 e. The van der Waals surface area contributed by atoms with Crippen LogP contribution in [0.5, 0.6) is 0 Å². The first kappa shape index (κ1) is 12.4. The Kier molecular flexibility index (Phi) is 4.06. The minimum Gasteiger partial charge on any atom is -0.464 e. The number of aromatic nitrogens is 1. The van der Waals surface area contributed by atoms with Crippen molar-refractivity contribution in [3.8, 4) is 0 Å². The molecule has 0 aliphatic heterocycles. The summed E-state index contributed by atoms with van der Waals surface area (Å²) in [5.74, 6) is 5.56. The van der Waals surface area contributed by atoms with Crippen molar-refractivity contribution in [2.24, 2.45) is 11.8 Å². The topological polar surface area (TPSA) is 79.5 Å². The summed E-state index contributed by atoms with van der Waals surface area (Å²) in [5, 5.41) is 12.1. The summed E-state index contributed by atoms with van der Waals surface area (Å²) in [5.41, 5.74) is 0. The molecule has 1 heterocycles. The van der Waals surface area contributed by atoms with Gasteiger partial charge in [-0.05, 0) is 21.8 Å². The molecule has 1 amide bonds. The van der Waals surface area contributed by atoms with Gasteiger partial charge in [0.05, 0.1) is 0 Å². The van der Waals surface area contributed by atoms with Crippen molar-refractivity contribution in [3.05, 3.63) is 15.0 Å². The van der Waals surface area contributed by atoms with Crippen molar-refractivity contribution >= 4 is 33.4 Å². The summed E-state index contributed by atoms with van der Waals surface area (Å²) in [6.07, 6.45) is -1.15. The number of amides is 1. The predicted octanol–water partition coefficient (Wildman–Crippen LogP) is 2.46. The lowest BCUT2D eigenvalue weighted by atomic mass is 10.1. The lowest BCUT2D eigenvalue weighted by Crippen LogP contribution is -2.41. The molecule has 1 unspecified atom stereocenters. The van der Waals surface area contributed by atoms with Crippen LogP contribution in [0.3, 0.4) is 0 Å². The van der Waals surface area contributed by atoms with Crippen LogP contribution in [-0.2, 0) is 0 Å². The van der Waals surface area contributed by atoms with E-state index in [9.17, 15) is 4.79 Å². The van der Waals surface area contributed by atoms with Gasteiger partial charge < -0.3 is 5.11 Å². The zero-order chi connectivity index (χ0) is 11.6. The van der Waals surface area contributed by atoms with Gasteiger partial charge in [0.25, 0.3) is 0 Å². The average Bonchev–Trinajstić information content (AvgIpc) is 2.51. The summed E-state index contributed by atoms with van der Waals surface area (Å²) < 4.78 is 0.701. The van der Waals surface area contributed by atoms with Crippen LogP contribution in [0.1, 0.15) is 24.9 Å². The molecule has 84 valence electrons. The number of carboxylic acid groups (broad SMARTS) is 1. The molecule has 5 nitrogen and oxygen atoms in total. The molecule has 1 aromatic rings. The fourth-order valence-corrected chi connectivity index (χ4v) is 2.78. The summed E-state index contributed by atoms with van der Waals surface area (Å²) in [4.78, 5) is 15.0. The SMILES string of the molecule is CC(C)C(c1nc(Br)cs1)N(N)C(=O)O. The minimum atomic E-state index is -1.15. The van der Waals surface area contributed by atoms with Crippen molar-refractivity contribution in [2.75, 3.05) is 0 Å². The van der Waals surface area contributed by atoms with Crippen LogP contribution < -0.4 is 5.84 Å². The Hall–Kier alpha value is -0.660. The van der Waals surface area contributed by atoms with E-state index in [1.54, 1.807) is 5.38 Å². The first-order valence-electron chi connectivity index (χ1n) is 4.31.